The van der Waals surface area contributed by atoms with Gasteiger partial charge in [-0.25, -0.2) is 9.18 Å². The van der Waals surface area contributed by atoms with E-state index >= 15 is 0 Å². The lowest BCUT2D eigenvalue weighted by Gasteiger charge is -2.35. The number of carbonyl (C=O) groups is 1. The molecule has 1 fully saturated rings. The molecule has 0 bridgehead atoms. The van der Waals surface area contributed by atoms with Crippen molar-refractivity contribution in [2.75, 3.05) is 13.1 Å². The maximum atomic E-state index is 14.2. The standard InChI is InChI=1S/C14H19ClFN3O3/c1-14(2,3)22-13(20)19-5-4-10(9(16)8-19)21-12-7-17-6-11(15)18-12/h6-7,9-10H,4-5,8H2,1-3H3/t9-,10-/m1/s1. The van der Waals surface area contributed by atoms with Gasteiger partial charge >= 0.3 is 6.09 Å². The molecule has 1 aromatic heterocycles. The fourth-order valence-electron chi connectivity index (χ4n) is 2.05. The van der Waals surface area contributed by atoms with Crippen molar-refractivity contribution < 1.29 is 18.7 Å². The summed E-state index contributed by atoms with van der Waals surface area (Å²) in [6.07, 6.45) is 0.546. The van der Waals surface area contributed by atoms with Crippen molar-refractivity contribution in [3.63, 3.8) is 0 Å². The number of nitrogens with zero attached hydrogens (tertiary/aromatic N) is 3. The van der Waals surface area contributed by atoms with Crippen LogP contribution in [0, 0.1) is 0 Å². The van der Waals surface area contributed by atoms with Crippen molar-refractivity contribution in [1.82, 2.24) is 14.9 Å². The van der Waals surface area contributed by atoms with E-state index in [-0.39, 0.29) is 17.6 Å². The minimum atomic E-state index is -1.33. The quantitative estimate of drug-likeness (QED) is 0.833. The van der Waals surface area contributed by atoms with Crippen molar-refractivity contribution >= 4 is 17.7 Å². The van der Waals surface area contributed by atoms with Crippen molar-refractivity contribution in [3.05, 3.63) is 17.5 Å². The number of ether oxygens (including phenoxy) is 2. The first-order chi connectivity index (χ1) is 10.2. The smallest absolute Gasteiger partial charge is 0.410 e. The Morgan fingerprint density at radius 3 is 2.77 bits per heavy atom. The van der Waals surface area contributed by atoms with E-state index in [9.17, 15) is 9.18 Å². The van der Waals surface area contributed by atoms with Crippen LogP contribution in [0.2, 0.25) is 5.15 Å². The first-order valence-electron chi connectivity index (χ1n) is 7.01. The summed E-state index contributed by atoms with van der Waals surface area (Å²) in [5.41, 5.74) is -0.605. The second-order valence-corrected chi connectivity index (χ2v) is 6.45. The first kappa shape index (κ1) is 16.7. The predicted octanol–water partition coefficient (Wildman–Crippen LogP) is 2.86. The number of hydrogen-bond donors (Lipinski definition) is 0. The summed E-state index contributed by atoms with van der Waals surface area (Å²) in [5.74, 6) is 0.172. The molecule has 0 unspecified atom stereocenters. The summed E-state index contributed by atoms with van der Waals surface area (Å²) in [6, 6.07) is 0. The van der Waals surface area contributed by atoms with Gasteiger partial charge in [0.2, 0.25) is 5.88 Å². The molecule has 1 amide bonds. The summed E-state index contributed by atoms with van der Waals surface area (Å²) in [6.45, 7) is 5.59. The maximum Gasteiger partial charge on any atom is 0.410 e. The van der Waals surface area contributed by atoms with E-state index < -0.39 is 24.0 Å². The Morgan fingerprint density at radius 2 is 2.18 bits per heavy atom. The highest BCUT2D eigenvalue weighted by molar-refractivity contribution is 6.29. The van der Waals surface area contributed by atoms with Crippen molar-refractivity contribution in [3.8, 4) is 5.88 Å². The summed E-state index contributed by atoms with van der Waals surface area (Å²) in [5, 5.41) is 0.180. The van der Waals surface area contributed by atoms with Crippen LogP contribution in [0.3, 0.4) is 0 Å². The molecule has 0 aromatic carbocycles. The van der Waals surface area contributed by atoms with Crippen molar-refractivity contribution in [1.29, 1.82) is 0 Å². The Balaban J connectivity index is 1.91. The molecule has 8 heteroatoms. The van der Waals surface area contributed by atoms with Gasteiger partial charge in [0.1, 0.15) is 11.7 Å². The summed E-state index contributed by atoms with van der Waals surface area (Å²) < 4.78 is 24.9. The lowest BCUT2D eigenvalue weighted by Crippen LogP contribution is -2.50. The molecule has 0 spiro atoms. The van der Waals surface area contributed by atoms with Gasteiger partial charge in [0, 0.05) is 13.0 Å². The highest BCUT2D eigenvalue weighted by atomic mass is 35.5. The number of piperidine rings is 1. The van der Waals surface area contributed by atoms with E-state index in [4.69, 9.17) is 21.1 Å². The number of likely N-dealkylation sites (tertiary alicyclic amines) is 1. The van der Waals surface area contributed by atoms with Crippen LogP contribution in [0.15, 0.2) is 12.4 Å². The van der Waals surface area contributed by atoms with E-state index in [2.05, 4.69) is 9.97 Å². The molecule has 2 rings (SSSR count). The normalized spacial score (nSPS) is 22.3. The van der Waals surface area contributed by atoms with E-state index in [1.807, 2.05) is 0 Å². The Bertz CT molecular complexity index is 538. The van der Waals surface area contributed by atoms with Crippen molar-refractivity contribution in [2.45, 2.75) is 45.1 Å². The van der Waals surface area contributed by atoms with Gasteiger partial charge in [-0.05, 0) is 20.8 Å². The zero-order valence-electron chi connectivity index (χ0n) is 12.8. The number of rotatable bonds is 2. The molecule has 22 heavy (non-hydrogen) atoms. The Labute approximate surface area is 133 Å². The molecule has 1 aromatic rings. The lowest BCUT2D eigenvalue weighted by atomic mass is 10.1. The Kier molecular flexibility index (Phi) is 5.05. The predicted molar refractivity (Wildman–Crippen MR) is 78.8 cm³/mol. The van der Waals surface area contributed by atoms with E-state index in [1.54, 1.807) is 20.8 Å². The second kappa shape index (κ2) is 6.64. The third-order valence-electron chi connectivity index (χ3n) is 2.99. The molecule has 0 N–H and O–H groups in total. The van der Waals surface area contributed by atoms with Gasteiger partial charge in [-0.15, -0.1) is 0 Å². The van der Waals surface area contributed by atoms with Crippen LogP contribution < -0.4 is 4.74 Å². The van der Waals surface area contributed by atoms with Gasteiger partial charge in [0.15, 0.2) is 11.3 Å². The molecule has 2 atom stereocenters. The molecule has 1 aliphatic rings. The Hall–Kier alpha value is -1.63. The molecule has 1 aliphatic heterocycles. The monoisotopic (exact) mass is 331 g/mol. The summed E-state index contributed by atoms with van der Waals surface area (Å²) in [7, 11) is 0. The Morgan fingerprint density at radius 1 is 1.45 bits per heavy atom. The maximum absolute atomic E-state index is 14.2. The third kappa shape index (κ3) is 4.69. The average Bonchev–Trinajstić information content (AvgIpc) is 2.39. The third-order valence-corrected chi connectivity index (χ3v) is 3.17. The van der Waals surface area contributed by atoms with Crippen LogP contribution in [-0.2, 0) is 4.74 Å². The number of hydrogen-bond acceptors (Lipinski definition) is 5. The fourth-order valence-corrected chi connectivity index (χ4v) is 2.19. The SMILES string of the molecule is CC(C)(C)OC(=O)N1CC[C@@H](Oc2cncc(Cl)n2)[C@H](F)C1. The van der Waals surface area contributed by atoms with Crippen LogP contribution in [0.5, 0.6) is 5.88 Å². The van der Waals surface area contributed by atoms with E-state index in [0.717, 1.165) is 0 Å². The molecule has 2 heterocycles. The van der Waals surface area contributed by atoms with Crippen molar-refractivity contribution in [2.24, 2.45) is 0 Å². The zero-order valence-corrected chi connectivity index (χ0v) is 13.5. The average molecular weight is 332 g/mol. The number of amides is 1. The minimum Gasteiger partial charge on any atom is -0.470 e. The van der Waals surface area contributed by atoms with Crippen LogP contribution in [-0.4, -0.2) is 51.9 Å². The highest BCUT2D eigenvalue weighted by Gasteiger charge is 2.35. The molecule has 122 valence electrons. The molecule has 0 aliphatic carbocycles. The topological polar surface area (TPSA) is 64.5 Å². The highest BCUT2D eigenvalue weighted by Crippen LogP contribution is 2.22. The zero-order chi connectivity index (χ0) is 16.3. The number of alkyl halides is 1. The number of halogens is 2. The molecule has 1 saturated heterocycles. The van der Waals surface area contributed by atoms with Crippen LogP contribution in [0.1, 0.15) is 27.2 Å². The lowest BCUT2D eigenvalue weighted by molar-refractivity contribution is -0.0115. The largest absolute Gasteiger partial charge is 0.470 e. The molecule has 6 nitrogen and oxygen atoms in total. The van der Waals surface area contributed by atoms with Crippen LogP contribution >= 0.6 is 11.6 Å². The van der Waals surface area contributed by atoms with Gasteiger partial charge in [-0.2, -0.15) is 4.98 Å². The number of aromatic nitrogens is 2. The molecule has 0 saturated carbocycles. The number of carbonyl (C=O) groups excluding carboxylic acids is 1. The van der Waals surface area contributed by atoms with Gasteiger partial charge < -0.3 is 14.4 Å². The molecular formula is C14H19ClFN3O3. The molecule has 0 radical (unpaired) electrons. The second-order valence-electron chi connectivity index (χ2n) is 6.07. The fraction of sp³-hybridized carbons (Fsp3) is 0.643. The molecular weight excluding hydrogens is 313 g/mol. The van der Waals surface area contributed by atoms with Crippen LogP contribution in [0.25, 0.3) is 0 Å². The van der Waals surface area contributed by atoms with Gasteiger partial charge in [0.05, 0.1) is 18.9 Å². The van der Waals surface area contributed by atoms with Crippen LogP contribution in [0.4, 0.5) is 9.18 Å². The van der Waals surface area contributed by atoms with E-state index in [0.29, 0.717) is 13.0 Å². The first-order valence-corrected chi connectivity index (χ1v) is 7.38. The van der Waals surface area contributed by atoms with Gasteiger partial charge in [0.25, 0.3) is 0 Å². The minimum absolute atomic E-state index is 0.0758. The summed E-state index contributed by atoms with van der Waals surface area (Å²) >= 11 is 5.71. The van der Waals surface area contributed by atoms with Gasteiger partial charge in [-0.3, -0.25) is 4.98 Å². The van der Waals surface area contributed by atoms with E-state index in [1.165, 1.54) is 17.3 Å². The van der Waals surface area contributed by atoms with Gasteiger partial charge in [-0.1, -0.05) is 11.6 Å². The summed E-state index contributed by atoms with van der Waals surface area (Å²) in [4.78, 5) is 21.0.